The third kappa shape index (κ3) is 3.91. The molecule has 0 saturated heterocycles. The van der Waals surface area contributed by atoms with Gasteiger partial charge in [-0.3, -0.25) is 0 Å². The molecule has 0 unspecified atom stereocenters. The quantitative estimate of drug-likeness (QED) is 0.781. The molecule has 0 N–H and O–H groups in total. The van der Waals surface area contributed by atoms with Crippen molar-refractivity contribution in [2.75, 3.05) is 13.2 Å². The summed E-state index contributed by atoms with van der Waals surface area (Å²) in [7, 11) is 0. The molecule has 3 heteroatoms. The van der Waals surface area contributed by atoms with Crippen LogP contribution in [-0.4, -0.2) is 13.2 Å². The van der Waals surface area contributed by atoms with Crippen molar-refractivity contribution < 1.29 is 9.47 Å². The molecule has 3 nitrogen and oxygen atoms in total. The van der Waals surface area contributed by atoms with E-state index in [2.05, 4.69) is 5.32 Å². The Hall–Kier alpha value is -2.16. The summed E-state index contributed by atoms with van der Waals surface area (Å²) in [6, 6.07) is 15.5. The van der Waals surface area contributed by atoms with Gasteiger partial charge in [0, 0.05) is 0 Å². The summed E-state index contributed by atoms with van der Waals surface area (Å²) in [5, 5.41) is 4.53. The van der Waals surface area contributed by atoms with E-state index in [9.17, 15) is 0 Å². The Morgan fingerprint density at radius 2 is 1.05 bits per heavy atom. The van der Waals surface area contributed by atoms with Crippen molar-refractivity contribution in [2.45, 2.75) is 13.8 Å². The van der Waals surface area contributed by atoms with E-state index in [4.69, 9.17) is 9.47 Å². The van der Waals surface area contributed by atoms with Crippen LogP contribution in [0, 0.1) is 0 Å². The van der Waals surface area contributed by atoms with E-state index in [1.165, 1.54) is 0 Å². The zero-order valence-corrected chi connectivity index (χ0v) is 11.3. The largest absolute Gasteiger partial charge is 0.494 e. The standard InChI is InChI=1S/C16H18NO2/c1-3-18-15-9-5-13(6-10-15)17-14-7-11-16(12-8-14)19-4-2/h5-12H,3-4H2,1-2H3. The van der Waals surface area contributed by atoms with E-state index in [1.807, 2.05) is 62.4 Å². The van der Waals surface area contributed by atoms with Gasteiger partial charge in [-0.1, -0.05) is 0 Å². The van der Waals surface area contributed by atoms with Crippen LogP contribution in [0.1, 0.15) is 13.8 Å². The molecule has 0 saturated carbocycles. The minimum Gasteiger partial charge on any atom is -0.494 e. The Labute approximate surface area is 114 Å². The summed E-state index contributed by atoms with van der Waals surface area (Å²) in [6.07, 6.45) is 0. The van der Waals surface area contributed by atoms with Crippen molar-refractivity contribution in [1.29, 1.82) is 0 Å². The predicted octanol–water partition coefficient (Wildman–Crippen LogP) is 4.05. The summed E-state index contributed by atoms with van der Waals surface area (Å²) in [6.45, 7) is 5.29. The first-order valence-corrected chi connectivity index (χ1v) is 6.49. The third-order valence-electron chi connectivity index (χ3n) is 2.55. The van der Waals surface area contributed by atoms with Crippen molar-refractivity contribution in [1.82, 2.24) is 5.32 Å². The molecule has 2 rings (SSSR count). The molecule has 1 radical (unpaired) electrons. The van der Waals surface area contributed by atoms with Crippen LogP contribution in [0.15, 0.2) is 48.5 Å². The lowest BCUT2D eigenvalue weighted by Gasteiger charge is -2.07. The number of ether oxygens (including phenoxy) is 2. The summed E-state index contributed by atoms with van der Waals surface area (Å²) in [5.41, 5.74) is 1.82. The van der Waals surface area contributed by atoms with Crippen molar-refractivity contribution >= 4 is 11.4 Å². The maximum atomic E-state index is 5.40. The van der Waals surface area contributed by atoms with E-state index in [-0.39, 0.29) is 0 Å². The van der Waals surface area contributed by atoms with E-state index in [0.717, 1.165) is 22.9 Å². The van der Waals surface area contributed by atoms with Gasteiger partial charge in [0.05, 0.1) is 24.6 Å². The lowest BCUT2D eigenvalue weighted by atomic mass is 10.2. The molecule has 0 amide bonds. The maximum Gasteiger partial charge on any atom is 0.119 e. The fourth-order valence-electron chi connectivity index (χ4n) is 1.72. The Bertz CT molecular complexity index is 444. The van der Waals surface area contributed by atoms with E-state index in [1.54, 1.807) is 0 Å². The van der Waals surface area contributed by atoms with Crippen LogP contribution in [0.3, 0.4) is 0 Å². The van der Waals surface area contributed by atoms with Crippen molar-refractivity contribution in [3.63, 3.8) is 0 Å². The van der Waals surface area contributed by atoms with Gasteiger partial charge in [-0.25, -0.2) is 5.32 Å². The molecule has 0 bridgehead atoms. The van der Waals surface area contributed by atoms with Crippen LogP contribution in [0.25, 0.3) is 0 Å². The van der Waals surface area contributed by atoms with Crippen molar-refractivity contribution in [2.24, 2.45) is 0 Å². The molecule has 99 valence electrons. The summed E-state index contributed by atoms with van der Waals surface area (Å²) in [5.74, 6) is 1.74. The first-order valence-electron chi connectivity index (χ1n) is 6.49. The molecule has 0 aliphatic heterocycles. The molecule has 0 aromatic heterocycles. The van der Waals surface area contributed by atoms with E-state index >= 15 is 0 Å². The highest BCUT2D eigenvalue weighted by Crippen LogP contribution is 2.22. The summed E-state index contributed by atoms with van der Waals surface area (Å²) >= 11 is 0. The van der Waals surface area contributed by atoms with Gasteiger partial charge in [0.15, 0.2) is 0 Å². The Morgan fingerprint density at radius 1 is 0.684 bits per heavy atom. The van der Waals surface area contributed by atoms with Gasteiger partial charge < -0.3 is 9.47 Å². The van der Waals surface area contributed by atoms with Crippen LogP contribution in [-0.2, 0) is 0 Å². The fourth-order valence-corrected chi connectivity index (χ4v) is 1.72. The van der Waals surface area contributed by atoms with Gasteiger partial charge in [-0.15, -0.1) is 0 Å². The Balaban J connectivity index is 1.99. The van der Waals surface area contributed by atoms with Crippen molar-refractivity contribution in [3.8, 4) is 11.5 Å². The highest BCUT2D eigenvalue weighted by atomic mass is 16.5. The Morgan fingerprint density at radius 3 is 1.37 bits per heavy atom. The number of benzene rings is 2. The van der Waals surface area contributed by atoms with Crippen LogP contribution in [0.5, 0.6) is 11.5 Å². The Kier molecular flexibility index (Phi) is 4.67. The molecular formula is C16H18NO2. The smallest absolute Gasteiger partial charge is 0.119 e. The lowest BCUT2D eigenvalue weighted by Crippen LogP contribution is -1.93. The molecule has 0 aliphatic rings. The van der Waals surface area contributed by atoms with Gasteiger partial charge in [-0.05, 0) is 62.4 Å². The van der Waals surface area contributed by atoms with Crippen LogP contribution < -0.4 is 14.8 Å². The van der Waals surface area contributed by atoms with Gasteiger partial charge >= 0.3 is 0 Å². The molecule has 0 fully saturated rings. The van der Waals surface area contributed by atoms with E-state index < -0.39 is 0 Å². The maximum absolute atomic E-state index is 5.40. The number of hydrogen-bond acceptors (Lipinski definition) is 2. The van der Waals surface area contributed by atoms with Gasteiger partial charge in [0.25, 0.3) is 0 Å². The molecule has 2 aromatic carbocycles. The molecule has 0 heterocycles. The SMILES string of the molecule is CCOc1ccc([N]c2ccc(OCC)cc2)cc1. The van der Waals surface area contributed by atoms with Gasteiger partial charge in [0.2, 0.25) is 0 Å². The van der Waals surface area contributed by atoms with E-state index in [0.29, 0.717) is 13.2 Å². The first kappa shape index (κ1) is 13.3. The zero-order valence-electron chi connectivity index (χ0n) is 11.3. The highest BCUT2D eigenvalue weighted by Gasteiger charge is 1.99. The third-order valence-corrected chi connectivity index (χ3v) is 2.55. The zero-order chi connectivity index (χ0) is 13.5. The second-order valence-corrected chi connectivity index (χ2v) is 3.97. The summed E-state index contributed by atoms with van der Waals surface area (Å²) in [4.78, 5) is 0. The average molecular weight is 256 g/mol. The molecular weight excluding hydrogens is 238 g/mol. The van der Waals surface area contributed by atoms with Crippen LogP contribution >= 0.6 is 0 Å². The van der Waals surface area contributed by atoms with Gasteiger partial charge in [0.1, 0.15) is 11.5 Å². The lowest BCUT2D eigenvalue weighted by molar-refractivity contribution is 0.340. The van der Waals surface area contributed by atoms with Crippen LogP contribution in [0.2, 0.25) is 0 Å². The van der Waals surface area contributed by atoms with Crippen molar-refractivity contribution in [3.05, 3.63) is 48.5 Å². The second-order valence-electron chi connectivity index (χ2n) is 3.97. The molecule has 0 aliphatic carbocycles. The fraction of sp³-hybridized carbons (Fsp3) is 0.250. The first-order chi connectivity index (χ1) is 9.31. The normalized spacial score (nSPS) is 10.0. The monoisotopic (exact) mass is 256 g/mol. The van der Waals surface area contributed by atoms with Gasteiger partial charge in [-0.2, -0.15) is 0 Å². The molecule has 0 spiro atoms. The topological polar surface area (TPSA) is 32.6 Å². The molecule has 2 aromatic rings. The number of nitrogens with zero attached hydrogens (tertiary/aromatic N) is 1. The second kappa shape index (κ2) is 6.69. The number of rotatable bonds is 6. The average Bonchev–Trinajstić information content (AvgIpc) is 2.44. The minimum atomic E-state index is 0.676. The van der Waals surface area contributed by atoms with Crippen LogP contribution in [0.4, 0.5) is 11.4 Å². The molecule has 0 atom stereocenters. The number of hydrogen-bond donors (Lipinski definition) is 0. The highest BCUT2D eigenvalue weighted by molar-refractivity contribution is 5.51. The summed E-state index contributed by atoms with van der Waals surface area (Å²) < 4.78 is 10.8. The molecule has 19 heavy (non-hydrogen) atoms. The minimum absolute atomic E-state index is 0.676. The predicted molar refractivity (Wildman–Crippen MR) is 76.7 cm³/mol.